The number of rotatable bonds is 18. The van der Waals surface area contributed by atoms with Gasteiger partial charge in [-0.05, 0) is 0 Å². The molecular weight excluding hydrogens is 491 g/mol. The van der Waals surface area contributed by atoms with Gasteiger partial charge in [0.25, 0.3) is 0 Å². The van der Waals surface area contributed by atoms with E-state index in [0.29, 0.717) is 6.61 Å². The zero-order chi connectivity index (χ0) is 23.0. The van der Waals surface area contributed by atoms with Gasteiger partial charge in [-0.2, -0.15) is 0 Å². The summed E-state index contributed by atoms with van der Waals surface area (Å²) in [6.07, 6.45) is 11.9. The van der Waals surface area contributed by atoms with Crippen molar-refractivity contribution >= 4 is 24.2 Å². The van der Waals surface area contributed by atoms with E-state index in [1.807, 2.05) is 12.1 Å². The molecule has 0 bridgehead atoms. The first kappa shape index (κ1) is 28.2. The Bertz CT molecular complexity index is 615. The van der Waals surface area contributed by atoms with Crippen LogP contribution in [0.2, 0.25) is 13.3 Å². The average molecular weight is 537 g/mol. The van der Waals surface area contributed by atoms with Gasteiger partial charge in [0.15, 0.2) is 0 Å². The molecule has 1 aromatic rings. The van der Waals surface area contributed by atoms with Gasteiger partial charge in [0.05, 0.1) is 0 Å². The third-order valence-corrected chi connectivity index (χ3v) is 22.5. The summed E-state index contributed by atoms with van der Waals surface area (Å²) >= 11 is -2.54. The number of ether oxygens (including phenoxy) is 2. The molecule has 0 saturated heterocycles. The maximum absolute atomic E-state index is 12.2. The number of carbonyl (C=O) groups excluding carboxylic acids is 1. The van der Waals surface area contributed by atoms with Gasteiger partial charge in [0, 0.05) is 0 Å². The number of ketones is 1. The molecule has 0 fully saturated rings. The van der Waals surface area contributed by atoms with Crippen molar-refractivity contribution < 1.29 is 14.3 Å². The molecule has 0 saturated carbocycles. The quantitative estimate of drug-likeness (QED) is 0.109. The standard InChI is InChI=1S/C15H19O3.3C4H9.Sn/c1-13(16)6-4-3-5-11-18-12-14-7-9-15(17-2)10-8-14;3*1-3-4-2;/h6-10H,3,5,11-12H2,1-2H3;3*1,3-4H2,2H3;. The van der Waals surface area contributed by atoms with Gasteiger partial charge in [0.2, 0.25) is 0 Å². The molecule has 0 aliphatic heterocycles. The van der Waals surface area contributed by atoms with Crippen molar-refractivity contribution in [2.75, 3.05) is 13.7 Å². The monoisotopic (exact) mass is 538 g/mol. The average Bonchev–Trinajstić information content (AvgIpc) is 2.78. The number of unbranched alkanes of at least 4 members (excludes halogenated alkanes) is 3. The number of benzene rings is 1. The van der Waals surface area contributed by atoms with Crippen LogP contribution in [-0.2, 0) is 16.1 Å². The van der Waals surface area contributed by atoms with Gasteiger partial charge >= 0.3 is 196 Å². The molecule has 0 atom stereocenters. The summed E-state index contributed by atoms with van der Waals surface area (Å²) in [5, 5.41) is 0. The second-order valence-electron chi connectivity index (χ2n) is 8.88. The zero-order valence-electron chi connectivity index (χ0n) is 20.8. The Hall–Kier alpha value is -0.811. The van der Waals surface area contributed by atoms with Gasteiger partial charge in [-0.1, -0.05) is 0 Å². The molecule has 3 nitrogen and oxygen atoms in total. The van der Waals surface area contributed by atoms with Gasteiger partial charge in [-0.3, -0.25) is 0 Å². The summed E-state index contributed by atoms with van der Waals surface area (Å²) in [4.78, 5) is 12.2. The Morgan fingerprint density at radius 1 is 0.903 bits per heavy atom. The molecule has 1 aromatic carbocycles. The predicted octanol–water partition coefficient (Wildman–Crippen LogP) is 7.90. The Morgan fingerprint density at radius 2 is 1.45 bits per heavy atom. The normalized spacial score (nSPS) is 12.2. The molecule has 176 valence electrons. The van der Waals surface area contributed by atoms with Crippen molar-refractivity contribution in [1.82, 2.24) is 0 Å². The fourth-order valence-electron chi connectivity index (χ4n) is 4.41. The Kier molecular flexibility index (Phi) is 15.3. The molecule has 0 aliphatic rings. The van der Waals surface area contributed by atoms with Crippen molar-refractivity contribution in [3.05, 3.63) is 39.5 Å². The van der Waals surface area contributed by atoms with Crippen LogP contribution in [0, 0.1) is 0 Å². The van der Waals surface area contributed by atoms with Crippen LogP contribution in [0.3, 0.4) is 0 Å². The van der Waals surface area contributed by atoms with Crippen molar-refractivity contribution in [3.8, 4) is 5.75 Å². The number of carbonyl (C=O) groups is 1. The van der Waals surface area contributed by atoms with Crippen molar-refractivity contribution in [2.24, 2.45) is 0 Å². The maximum atomic E-state index is 12.2. The minimum absolute atomic E-state index is 0.236. The van der Waals surface area contributed by atoms with E-state index in [0.717, 1.165) is 25.2 Å². The summed E-state index contributed by atoms with van der Waals surface area (Å²) < 4.78 is 17.0. The van der Waals surface area contributed by atoms with Gasteiger partial charge in [-0.25, -0.2) is 0 Å². The molecule has 0 amide bonds. The van der Waals surface area contributed by atoms with Crippen molar-refractivity contribution in [3.63, 3.8) is 0 Å². The van der Waals surface area contributed by atoms with E-state index in [9.17, 15) is 4.79 Å². The SMILES string of the molecule is CCC[CH2][Sn]([CH2]CCC)([CH2]CCC)/[C](=C/C(C)=O)CCCOCc1ccc(OC)cc1. The minimum atomic E-state index is -2.54. The van der Waals surface area contributed by atoms with Crippen LogP contribution in [0.15, 0.2) is 33.9 Å². The molecule has 4 heteroatoms. The molecule has 0 radical (unpaired) electrons. The number of allylic oxidation sites excluding steroid dienone is 2. The molecule has 0 aromatic heterocycles. The Balaban J connectivity index is 2.79. The molecular formula is C27H46O3Sn. The molecule has 1 rings (SSSR count). The molecule has 0 spiro atoms. The van der Waals surface area contributed by atoms with E-state index in [4.69, 9.17) is 9.47 Å². The topological polar surface area (TPSA) is 35.5 Å². The van der Waals surface area contributed by atoms with E-state index in [1.54, 1.807) is 17.6 Å². The third-order valence-electron chi connectivity index (χ3n) is 6.25. The van der Waals surface area contributed by atoms with Gasteiger partial charge in [0.1, 0.15) is 0 Å². The van der Waals surface area contributed by atoms with E-state index in [-0.39, 0.29) is 5.78 Å². The van der Waals surface area contributed by atoms with Gasteiger partial charge in [-0.15, -0.1) is 0 Å². The first-order valence-electron chi connectivity index (χ1n) is 12.4. The number of hydrogen-bond donors (Lipinski definition) is 0. The second kappa shape index (κ2) is 16.8. The van der Waals surface area contributed by atoms with Crippen LogP contribution in [0.4, 0.5) is 0 Å². The fraction of sp³-hybridized carbons (Fsp3) is 0.667. The first-order valence-corrected chi connectivity index (χ1v) is 19.9. The summed E-state index contributed by atoms with van der Waals surface area (Å²) in [7, 11) is 1.68. The summed E-state index contributed by atoms with van der Waals surface area (Å²) in [5.41, 5.74) is 1.17. The van der Waals surface area contributed by atoms with Crippen LogP contribution in [0.1, 0.15) is 84.6 Å². The number of hydrogen-bond acceptors (Lipinski definition) is 3. The first-order chi connectivity index (χ1) is 15.0. The predicted molar refractivity (Wildman–Crippen MR) is 136 cm³/mol. The Labute approximate surface area is 195 Å². The van der Waals surface area contributed by atoms with E-state index in [1.165, 1.54) is 57.4 Å². The van der Waals surface area contributed by atoms with Crippen molar-refractivity contribution in [1.29, 1.82) is 0 Å². The Morgan fingerprint density at radius 3 is 1.90 bits per heavy atom. The molecule has 0 unspecified atom stereocenters. The van der Waals surface area contributed by atoms with Crippen molar-refractivity contribution in [2.45, 2.75) is 99.0 Å². The van der Waals surface area contributed by atoms with Crippen LogP contribution in [0.5, 0.6) is 5.75 Å². The van der Waals surface area contributed by atoms with E-state index >= 15 is 0 Å². The molecule has 0 heterocycles. The molecule has 0 N–H and O–H groups in total. The summed E-state index contributed by atoms with van der Waals surface area (Å²) in [5.74, 6) is 1.11. The van der Waals surface area contributed by atoms with Crippen LogP contribution >= 0.6 is 0 Å². The zero-order valence-corrected chi connectivity index (χ0v) is 23.7. The van der Waals surface area contributed by atoms with E-state index in [2.05, 4.69) is 39.0 Å². The molecule has 0 aliphatic carbocycles. The fourth-order valence-corrected chi connectivity index (χ4v) is 21.6. The van der Waals surface area contributed by atoms with Crippen LogP contribution in [-0.4, -0.2) is 37.9 Å². The van der Waals surface area contributed by atoms with Crippen LogP contribution in [0.25, 0.3) is 0 Å². The van der Waals surface area contributed by atoms with Gasteiger partial charge < -0.3 is 0 Å². The van der Waals surface area contributed by atoms with E-state index < -0.39 is 18.4 Å². The second-order valence-corrected chi connectivity index (χ2v) is 22.3. The van der Waals surface area contributed by atoms with Crippen LogP contribution < -0.4 is 4.74 Å². The molecule has 31 heavy (non-hydrogen) atoms. The summed E-state index contributed by atoms with van der Waals surface area (Å²) in [6.45, 7) is 10.0. The summed E-state index contributed by atoms with van der Waals surface area (Å²) in [6, 6.07) is 8.07. The number of methoxy groups -OCH3 is 1. The third kappa shape index (κ3) is 11.1.